The molecule has 2 aliphatic rings. The van der Waals surface area contributed by atoms with Crippen LogP contribution in [-0.2, 0) is 11.3 Å². The van der Waals surface area contributed by atoms with E-state index in [1.54, 1.807) is 0 Å². The van der Waals surface area contributed by atoms with Crippen LogP contribution in [0.4, 0.5) is 0 Å². The van der Waals surface area contributed by atoms with E-state index in [2.05, 4.69) is 51.7 Å². The number of likely N-dealkylation sites (tertiary alicyclic amines) is 1. The maximum atomic E-state index is 5.50. The van der Waals surface area contributed by atoms with Crippen LogP contribution in [0.3, 0.4) is 0 Å². The van der Waals surface area contributed by atoms with E-state index < -0.39 is 0 Å². The lowest BCUT2D eigenvalue weighted by Gasteiger charge is -2.32. The highest BCUT2D eigenvalue weighted by molar-refractivity contribution is 7.17. The lowest BCUT2D eigenvalue weighted by Crippen LogP contribution is -2.46. The number of aliphatic imine (C=N–C) groups is 1. The van der Waals surface area contributed by atoms with Gasteiger partial charge in [0.05, 0.1) is 19.8 Å². The maximum Gasteiger partial charge on any atom is 0.194 e. The van der Waals surface area contributed by atoms with Gasteiger partial charge in [-0.2, -0.15) is 0 Å². The van der Waals surface area contributed by atoms with Gasteiger partial charge in [-0.05, 0) is 35.7 Å². The third kappa shape index (κ3) is 3.87. The molecule has 1 aromatic carbocycles. The van der Waals surface area contributed by atoms with Crippen molar-refractivity contribution in [3.63, 3.8) is 0 Å². The minimum Gasteiger partial charge on any atom is -0.379 e. The zero-order chi connectivity index (χ0) is 17.8. The highest BCUT2D eigenvalue weighted by atomic mass is 32.1. The molecule has 3 heterocycles. The van der Waals surface area contributed by atoms with Gasteiger partial charge in [0.15, 0.2) is 5.96 Å². The second kappa shape index (κ2) is 8.37. The van der Waals surface area contributed by atoms with Crippen LogP contribution in [0.5, 0.6) is 0 Å². The second-order valence-corrected chi connectivity index (χ2v) is 7.88. The number of nitrogens with one attached hydrogen (secondary N) is 1. The Kier molecular flexibility index (Phi) is 5.72. The first kappa shape index (κ1) is 17.8. The van der Waals surface area contributed by atoms with Crippen LogP contribution in [0.15, 0.2) is 34.6 Å². The van der Waals surface area contributed by atoms with E-state index in [1.165, 1.54) is 22.1 Å². The molecule has 0 saturated carbocycles. The van der Waals surface area contributed by atoms with Gasteiger partial charge in [0.25, 0.3) is 0 Å². The van der Waals surface area contributed by atoms with Crippen LogP contribution < -0.4 is 5.32 Å². The predicted octanol–water partition coefficient (Wildman–Crippen LogP) is 2.77. The molecule has 0 amide bonds. The summed E-state index contributed by atoms with van der Waals surface area (Å²) >= 11 is 1.81. The number of rotatable bonds is 4. The Morgan fingerprint density at radius 3 is 2.96 bits per heavy atom. The molecule has 6 heteroatoms. The Bertz CT molecular complexity index is 753. The number of ether oxygens (including phenoxy) is 1. The lowest BCUT2D eigenvalue weighted by atomic mass is 10.2. The van der Waals surface area contributed by atoms with Crippen molar-refractivity contribution < 1.29 is 4.74 Å². The summed E-state index contributed by atoms with van der Waals surface area (Å²) in [7, 11) is 0. The average molecular weight is 373 g/mol. The van der Waals surface area contributed by atoms with Gasteiger partial charge in [-0.25, -0.2) is 4.99 Å². The number of benzene rings is 1. The largest absolute Gasteiger partial charge is 0.379 e. The Morgan fingerprint density at radius 1 is 1.27 bits per heavy atom. The summed E-state index contributed by atoms with van der Waals surface area (Å²) in [5, 5.41) is 7.08. The molecule has 1 unspecified atom stereocenters. The van der Waals surface area contributed by atoms with Crippen LogP contribution in [0.25, 0.3) is 10.1 Å². The van der Waals surface area contributed by atoms with Gasteiger partial charge in [0.2, 0.25) is 0 Å². The molecular weight excluding hydrogens is 344 g/mol. The fourth-order valence-corrected chi connectivity index (χ4v) is 4.87. The van der Waals surface area contributed by atoms with Crippen molar-refractivity contribution in [1.82, 2.24) is 15.1 Å². The van der Waals surface area contributed by atoms with Crippen LogP contribution in [0, 0.1) is 0 Å². The monoisotopic (exact) mass is 372 g/mol. The number of hydrogen-bond acceptors (Lipinski definition) is 4. The SMILES string of the molecule is CCNC(=NCc1csc2ccccc12)N1CCC(N2CCOCC2)C1. The number of morpholine rings is 1. The van der Waals surface area contributed by atoms with E-state index in [-0.39, 0.29) is 0 Å². The highest BCUT2D eigenvalue weighted by Gasteiger charge is 2.30. The summed E-state index contributed by atoms with van der Waals surface area (Å²) in [6, 6.07) is 9.23. The third-order valence-electron chi connectivity index (χ3n) is 5.32. The van der Waals surface area contributed by atoms with E-state index in [0.717, 1.165) is 58.4 Å². The zero-order valence-electron chi connectivity index (χ0n) is 15.5. The molecule has 140 valence electrons. The van der Waals surface area contributed by atoms with Gasteiger partial charge in [-0.1, -0.05) is 18.2 Å². The number of nitrogens with zero attached hydrogens (tertiary/aromatic N) is 3. The Balaban J connectivity index is 1.44. The molecule has 0 radical (unpaired) electrons. The summed E-state index contributed by atoms with van der Waals surface area (Å²) in [5.41, 5.74) is 1.32. The summed E-state index contributed by atoms with van der Waals surface area (Å²) in [4.78, 5) is 9.97. The summed E-state index contributed by atoms with van der Waals surface area (Å²) in [6.45, 7) is 9.80. The molecule has 5 nitrogen and oxygen atoms in total. The fourth-order valence-electron chi connectivity index (χ4n) is 3.92. The van der Waals surface area contributed by atoms with Gasteiger partial charge >= 0.3 is 0 Å². The Hall–Kier alpha value is -1.63. The van der Waals surface area contributed by atoms with Crippen LogP contribution in [0.2, 0.25) is 0 Å². The van der Waals surface area contributed by atoms with E-state index in [1.807, 2.05) is 11.3 Å². The molecule has 2 saturated heterocycles. The second-order valence-electron chi connectivity index (χ2n) is 6.96. The average Bonchev–Trinajstić information content (AvgIpc) is 3.33. The summed E-state index contributed by atoms with van der Waals surface area (Å²) in [5.74, 6) is 1.05. The molecule has 2 aromatic rings. The quantitative estimate of drug-likeness (QED) is 0.662. The minimum absolute atomic E-state index is 0.629. The van der Waals surface area contributed by atoms with Crippen molar-refractivity contribution in [1.29, 1.82) is 0 Å². The Morgan fingerprint density at radius 2 is 2.12 bits per heavy atom. The topological polar surface area (TPSA) is 40.1 Å². The van der Waals surface area contributed by atoms with E-state index in [9.17, 15) is 0 Å². The summed E-state index contributed by atoms with van der Waals surface area (Å²) < 4.78 is 6.84. The number of thiophene rings is 1. The summed E-state index contributed by atoms with van der Waals surface area (Å²) in [6.07, 6.45) is 1.21. The van der Waals surface area contributed by atoms with Crippen LogP contribution >= 0.6 is 11.3 Å². The number of fused-ring (bicyclic) bond motifs is 1. The third-order valence-corrected chi connectivity index (χ3v) is 6.33. The van der Waals surface area contributed by atoms with Crippen molar-refractivity contribution in [2.75, 3.05) is 45.9 Å². The van der Waals surface area contributed by atoms with Gasteiger partial charge < -0.3 is 15.0 Å². The molecule has 1 N–H and O–H groups in total. The molecule has 0 spiro atoms. The minimum atomic E-state index is 0.629. The number of guanidine groups is 1. The Labute approximate surface area is 159 Å². The molecular formula is C20H28N4OS. The first-order chi connectivity index (χ1) is 12.8. The number of hydrogen-bond donors (Lipinski definition) is 1. The standard InChI is InChI=1S/C20H28N4OS/c1-2-21-20(22-13-16-15-26-19-6-4-3-5-18(16)19)24-8-7-17(14-24)23-9-11-25-12-10-23/h3-6,15,17H,2,7-14H2,1H3,(H,21,22). The first-order valence-corrected chi connectivity index (χ1v) is 10.5. The lowest BCUT2D eigenvalue weighted by molar-refractivity contribution is 0.0195. The van der Waals surface area contributed by atoms with Crippen molar-refractivity contribution in [2.24, 2.45) is 4.99 Å². The molecule has 26 heavy (non-hydrogen) atoms. The molecule has 4 rings (SSSR count). The van der Waals surface area contributed by atoms with Crippen LogP contribution in [-0.4, -0.2) is 67.7 Å². The molecule has 2 fully saturated rings. The van der Waals surface area contributed by atoms with Crippen molar-refractivity contribution >= 4 is 27.4 Å². The molecule has 0 aliphatic carbocycles. The van der Waals surface area contributed by atoms with Gasteiger partial charge in [0.1, 0.15) is 0 Å². The van der Waals surface area contributed by atoms with Crippen molar-refractivity contribution in [3.05, 3.63) is 35.2 Å². The van der Waals surface area contributed by atoms with E-state index >= 15 is 0 Å². The van der Waals surface area contributed by atoms with Gasteiger partial charge in [-0.15, -0.1) is 11.3 Å². The van der Waals surface area contributed by atoms with Gasteiger partial charge in [0, 0.05) is 43.5 Å². The van der Waals surface area contributed by atoms with E-state index in [0.29, 0.717) is 6.04 Å². The highest BCUT2D eigenvalue weighted by Crippen LogP contribution is 2.26. The van der Waals surface area contributed by atoms with Crippen molar-refractivity contribution in [3.8, 4) is 0 Å². The van der Waals surface area contributed by atoms with E-state index in [4.69, 9.17) is 9.73 Å². The van der Waals surface area contributed by atoms with Crippen molar-refractivity contribution in [2.45, 2.75) is 25.9 Å². The fraction of sp³-hybridized carbons (Fsp3) is 0.550. The predicted molar refractivity (Wildman–Crippen MR) is 109 cm³/mol. The van der Waals surface area contributed by atoms with Gasteiger partial charge in [-0.3, -0.25) is 4.90 Å². The molecule has 0 bridgehead atoms. The zero-order valence-corrected chi connectivity index (χ0v) is 16.3. The smallest absolute Gasteiger partial charge is 0.194 e. The van der Waals surface area contributed by atoms with Crippen LogP contribution in [0.1, 0.15) is 18.9 Å². The normalized spacial score (nSPS) is 22.3. The maximum absolute atomic E-state index is 5.50. The molecule has 2 aliphatic heterocycles. The molecule has 1 aromatic heterocycles. The molecule has 1 atom stereocenters. The first-order valence-electron chi connectivity index (χ1n) is 9.65.